The minimum atomic E-state index is -1.39. The second-order valence-electron chi connectivity index (χ2n) is 1.71. The fraction of sp³-hybridized carbons (Fsp3) is 0.250. The Balaban J connectivity index is 2.88. The molecule has 9 heavy (non-hydrogen) atoms. The first-order chi connectivity index (χ1) is 4.15. The molecule has 0 fully saturated rings. The molecule has 4 N–H and O–H groups in total. The van der Waals surface area contributed by atoms with Crippen LogP contribution in [0.5, 0.6) is 0 Å². The highest BCUT2D eigenvalue weighted by Crippen LogP contribution is 2.01. The molecule has 0 aromatic carbocycles. The molecule has 1 rings (SSSR count). The maximum atomic E-state index is 10.4. The standard InChI is InChI=1S/C4H6N4O/c5-3(9)4(6)1-7-2-8-4/h1-2H,6H2,(H2,5,9). The van der Waals surface area contributed by atoms with E-state index in [0.29, 0.717) is 0 Å². The monoisotopic (exact) mass is 126 g/mol. The molecule has 48 valence electrons. The highest BCUT2D eigenvalue weighted by molar-refractivity contribution is 6.06. The van der Waals surface area contributed by atoms with E-state index < -0.39 is 11.6 Å². The molecule has 1 aliphatic rings. The van der Waals surface area contributed by atoms with Gasteiger partial charge in [-0.05, 0) is 0 Å². The van der Waals surface area contributed by atoms with Crippen molar-refractivity contribution in [3.8, 4) is 0 Å². The summed E-state index contributed by atoms with van der Waals surface area (Å²) < 4.78 is 0. The number of aliphatic imine (C=N–C) groups is 2. The molecule has 5 heteroatoms. The van der Waals surface area contributed by atoms with Crippen molar-refractivity contribution in [2.45, 2.75) is 5.66 Å². The van der Waals surface area contributed by atoms with E-state index >= 15 is 0 Å². The Labute approximate surface area is 51.5 Å². The van der Waals surface area contributed by atoms with Gasteiger partial charge in [-0.15, -0.1) is 0 Å². The molecule has 0 radical (unpaired) electrons. The molecule has 1 aliphatic heterocycles. The molecule has 0 aromatic heterocycles. The van der Waals surface area contributed by atoms with Gasteiger partial charge in [0.05, 0.1) is 6.21 Å². The van der Waals surface area contributed by atoms with Crippen LogP contribution >= 0.6 is 0 Å². The summed E-state index contributed by atoms with van der Waals surface area (Å²) in [5.41, 5.74) is 8.75. The average molecular weight is 126 g/mol. The summed E-state index contributed by atoms with van der Waals surface area (Å²) in [6, 6.07) is 0. The molecule has 0 aliphatic carbocycles. The van der Waals surface area contributed by atoms with Gasteiger partial charge >= 0.3 is 0 Å². The number of nitrogens with zero attached hydrogens (tertiary/aromatic N) is 2. The van der Waals surface area contributed by atoms with Gasteiger partial charge in [-0.3, -0.25) is 10.5 Å². The lowest BCUT2D eigenvalue weighted by Gasteiger charge is -2.09. The van der Waals surface area contributed by atoms with Gasteiger partial charge in [0.15, 0.2) is 0 Å². The van der Waals surface area contributed by atoms with E-state index in [2.05, 4.69) is 9.98 Å². The van der Waals surface area contributed by atoms with E-state index in [1.165, 1.54) is 12.6 Å². The van der Waals surface area contributed by atoms with Crippen LogP contribution in [0.4, 0.5) is 0 Å². The number of carbonyl (C=O) groups is 1. The zero-order chi connectivity index (χ0) is 6.91. The topological polar surface area (TPSA) is 93.8 Å². The fourth-order valence-electron chi connectivity index (χ4n) is 0.436. The molecule has 0 bridgehead atoms. The van der Waals surface area contributed by atoms with E-state index in [1.54, 1.807) is 0 Å². The minimum absolute atomic E-state index is 0.694. The average Bonchev–Trinajstić information content (AvgIpc) is 2.16. The van der Waals surface area contributed by atoms with Crippen LogP contribution in [0, 0.1) is 0 Å². The molecule has 5 nitrogen and oxygen atoms in total. The Bertz CT molecular complexity index is 183. The van der Waals surface area contributed by atoms with E-state index in [0.717, 1.165) is 0 Å². The molecular weight excluding hydrogens is 120 g/mol. The number of hydrogen-bond acceptors (Lipinski definition) is 4. The third-order valence-electron chi connectivity index (χ3n) is 1.00. The Morgan fingerprint density at radius 3 is 2.56 bits per heavy atom. The van der Waals surface area contributed by atoms with Crippen molar-refractivity contribution >= 4 is 18.5 Å². The predicted molar refractivity (Wildman–Crippen MR) is 33.1 cm³/mol. The zero-order valence-electron chi connectivity index (χ0n) is 4.61. The lowest BCUT2D eigenvalue weighted by Crippen LogP contribution is -2.50. The molecule has 0 aromatic rings. The summed E-state index contributed by atoms with van der Waals surface area (Å²) in [5.74, 6) is -0.694. The summed E-state index contributed by atoms with van der Waals surface area (Å²) in [6.07, 6.45) is 2.40. The van der Waals surface area contributed by atoms with Gasteiger partial charge in [-0.2, -0.15) is 0 Å². The largest absolute Gasteiger partial charge is 0.366 e. The number of rotatable bonds is 1. The first-order valence-corrected chi connectivity index (χ1v) is 2.32. The highest BCUT2D eigenvalue weighted by Gasteiger charge is 2.30. The first kappa shape index (κ1) is 5.90. The Kier molecular flexibility index (Phi) is 1.07. The second kappa shape index (κ2) is 1.63. The van der Waals surface area contributed by atoms with Crippen LogP contribution in [0.3, 0.4) is 0 Å². The van der Waals surface area contributed by atoms with Crippen molar-refractivity contribution in [1.82, 2.24) is 0 Å². The van der Waals surface area contributed by atoms with E-state index in [9.17, 15) is 4.79 Å². The summed E-state index contributed by atoms with van der Waals surface area (Å²) in [6.45, 7) is 0. The van der Waals surface area contributed by atoms with Crippen LogP contribution in [0.2, 0.25) is 0 Å². The van der Waals surface area contributed by atoms with E-state index in [1.807, 2.05) is 0 Å². The molecule has 0 saturated heterocycles. The van der Waals surface area contributed by atoms with Crippen molar-refractivity contribution in [1.29, 1.82) is 0 Å². The van der Waals surface area contributed by atoms with Crippen molar-refractivity contribution in [2.24, 2.45) is 21.5 Å². The lowest BCUT2D eigenvalue weighted by molar-refractivity contribution is -0.120. The first-order valence-electron chi connectivity index (χ1n) is 2.32. The second-order valence-corrected chi connectivity index (χ2v) is 1.71. The quantitative estimate of drug-likeness (QED) is 0.435. The number of carbonyl (C=O) groups excluding carboxylic acids is 1. The lowest BCUT2D eigenvalue weighted by atomic mass is 10.2. The third kappa shape index (κ3) is 0.812. The summed E-state index contributed by atoms with van der Waals surface area (Å²) in [5, 5.41) is 0. The number of nitrogens with two attached hydrogens (primary N) is 2. The van der Waals surface area contributed by atoms with Crippen LogP contribution < -0.4 is 11.5 Å². The van der Waals surface area contributed by atoms with Gasteiger partial charge < -0.3 is 5.73 Å². The van der Waals surface area contributed by atoms with Crippen molar-refractivity contribution in [3.63, 3.8) is 0 Å². The van der Waals surface area contributed by atoms with Gasteiger partial charge in [-0.25, -0.2) is 9.98 Å². The SMILES string of the molecule is NC(=O)C1(N)C=NC=N1. The van der Waals surface area contributed by atoms with Gasteiger partial charge in [0.25, 0.3) is 5.91 Å². The van der Waals surface area contributed by atoms with Crippen LogP contribution in [-0.2, 0) is 4.79 Å². The molecule has 1 amide bonds. The van der Waals surface area contributed by atoms with Gasteiger partial charge in [0.1, 0.15) is 6.34 Å². The van der Waals surface area contributed by atoms with Crippen molar-refractivity contribution in [3.05, 3.63) is 0 Å². The van der Waals surface area contributed by atoms with Crippen molar-refractivity contribution < 1.29 is 4.79 Å². The van der Waals surface area contributed by atoms with Crippen LogP contribution in [0.1, 0.15) is 0 Å². The Hall–Kier alpha value is -1.23. The van der Waals surface area contributed by atoms with Gasteiger partial charge in [0, 0.05) is 0 Å². The number of amides is 1. The maximum Gasteiger partial charge on any atom is 0.265 e. The minimum Gasteiger partial charge on any atom is -0.366 e. The summed E-state index contributed by atoms with van der Waals surface area (Å²) in [4.78, 5) is 17.5. The van der Waals surface area contributed by atoms with Crippen LogP contribution in [0.25, 0.3) is 0 Å². The summed E-state index contributed by atoms with van der Waals surface area (Å²) in [7, 11) is 0. The van der Waals surface area contributed by atoms with E-state index in [4.69, 9.17) is 11.5 Å². The van der Waals surface area contributed by atoms with Gasteiger partial charge in [-0.1, -0.05) is 0 Å². The highest BCUT2D eigenvalue weighted by atomic mass is 16.1. The Morgan fingerprint density at radius 2 is 2.33 bits per heavy atom. The molecule has 1 heterocycles. The number of primary amides is 1. The zero-order valence-corrected chi connectivity index (χ0v) is 4.61. The van der Waals surface area contributed by atoms with Gasteiger partial charge in [0.2, 0.25) is 5.66 Å². The molecule has 0 saturated carbocycles. The smallest absolute Gasteiger partial charge is 0.265 e. The van der Waals surface area contributed by atoms with Crippen molar-refractivity contribution in [2.75, 3.05) is 0 Å². The number of hydrogen-bond donors (Lipinski definition) is 2. The summed E-state index contributed by atoms with van der Waals surface area (Å²) >= 11 is 0. The predicted octanol–water partition coefficient (Wildman–Crippen LogP) is -1.76. The maximum absolute atomic E-state index is 10.4. The molecule has 0 spiro atoms. The molecular formula is C4H6N4O. The molecule has 1 atom stereocenters. The van der Waals surface area contributed by atoms with Crippen LogP contribution in [-0.4, -0.2) is 24.1 Å². The molecule has 1 unspecified atom stereocenters. The Morgan fingerprint density at radius 1 is 1.67 bits per heavy atom. The van der Waals surface area contributed by atoms with Crippen LogP contribution in [0.15, 0.2) is 9.98 Å². The third-order valence-corrected chi connectivity index (χ3v) is 1.00. The fourth-order valence-corrected chi connectivity index (χ4v) is 0.436. The normalized spacial score (nSPS) is 31.2. The van der Waals surface area contributed by atoms with E-state index in [-0.39, 0.29) is 0 Å².